The molecule has 0 bridgehead atoms. The number of carboxylic acids is 1. The predicted octanol–water partition coefficient (Wildman–Crippen LogP) is 4.22. The molecule has 0 radical (unpaired) electrons. The van der Waals surface area contributed by atoms with Gasteiger partial charge in [-0.2, -0.15) is 0 Å². The number of thiocarbonyl (C=S) groups is 1. The second kappa shape index (κ2) is 13.9. The van der Waals surface area contributed by atoms with Crippen LogP contribution in [0.2, 0.25) is 0 Å². The summed E-state index contributed by atoms with van der Waals surface area (Å²) >= 11 is 6.69. The first kappa shape index (κ1) is 25.9. The molecule has 9 heteroatoms. The molecular weight excluding hydrogens is 448 g/mol. The Morgan fingerprint density at radius 2 is 1.78 bits per heavy atom. The minimum Gasteiger partial charge on any atom is -0.497 e. The van der Waals surface area contributed by atoms with Crippen LogP contribution in [-0.2, 0) is 14.4 Å². The Bertz CT molecular complexity index is 839. The van der Waals surface area contributed by atoms with Crippen LogP contribution in [0.15, 0.2) is 29.2 Å². The van der Waals surface area contributed by atoms with Gasteiger partial charge in [0.25, 0.3) is 5.91 Å². The molecule has 7 nitrogen and oxygen atoms in total. The Morgan fingerprint density at radius 3 is 2.47 bits per heavy atom. The monoisotopic (exact) mass is 478 g/mol. The van der Waals surface area contributed by atoms with E-state index in [2.05, 4.69) is 5.32 Å². The van der Waals surface area contributed by atoms with Gasteiger partial charge in [0, 0.05) is 25.9 Å². The molecule has 1 aromatic carbocycles. The number of benzene rings is 1. The number of unbranched alkanes of at least 4 members (excludes halogenated alkanes) is 4. The van der Waals surface area contributed by atoms with Crippen molar-refractivity contribution in [3.05, 3.63) is 34.7 Å². The highest BCUT2D eigenvalue weighted by molar-refractivity contribution is 8.26. The van der Waals surface area contributed by atoms with Crippen molar-refractivity contribution < 1.29 is 24.2 Å². The van der Waals surface area contributed by atoms with Gasteiger partial charge in [-0.15, -0.1) is 0 Å². The van der Waals surface area contributed by atoms with Crippen LogP contribution in [0.1, 0.15) is 56.9 Å². The minimum atomic E-state index is -0.784. The van der Waals surface area contributed by atoms with E-state index >= 15 is 0 Å². The van der Waals surface area contributed by atoms with Gasteiger partial charge in [0.1, 0.15) is 10.1 Å². The Labute approximate surface area is 198 Å². The number of carboxylic acid groups (broad SMARTS) is 1. The lowest BCUT2D eigenvalue weighted by Crippen LogP contribution is -2.29. The van der Waals surface area contributed by atoms with Crippen LogP contribution in [-0.4, -0.2) is 52.3 Å². The molecule has 1 aliphatic rings. The van der Waals surface area contributed by atoms with Crippen LogP contribution in [0.25, 0.3) is 6.08 Å². The molecule has 32 heavy (non-hydrogen) atoms. The Hall–Kier alpha value is -2.39. The van der Waals surface area contributed by atoms with Crippen molar-refractivity contribution in [3.63, 3.8) is 0 Å². The van der Waals surface area contributed by atoms with Gasteiger partial charge in [0.2, 0.25) is 5.91 Å². The first-order valence-corrected chi connectivity index (χ1v) is 12.0. The summed E-state index contributed by atoms with van der Waals surface area (Å²) in [4.78, 5) is 37.2. The molecule has 1 aliphatic heterocycles. The van der Waals surface area contributed by atoms with Crippen LogP contribution < -0.4 is 10.1 Å². The van der Waals surface area contributed by atoms with Crippen LogP contribution >= 0.6 is 24.0 Å². The number of aliphatic carboxylic acids is 1. The zero-order chi connectivity index (χ0) is 23.3. The van der Waals surface area contributed by atoms with E-state index in [9.17, 15) is 14.4 Å². The van der Waals surface area contributed by atoms with Crippen molar-refractivity contribution in [2.45, 2.75) is 51.4 Å². The third kappa shape index (κ3) is 9.00. The van der Waals surface area contributed by atoms with Gasteiger partial charge in [-0.1, -0.05) is 49.0 Å². The molecule has 0 atom stereocenters. The lowest BCUT2D eigenvalue weighted by atomic mass is 10.1. The smallest absolute Gasteiger partial charge is 0.303 e. The molecule has 0 unspecified atom stereocenters. The molecule has 0 aromatic heterocycles. The molecule has 1 heterocycles. The third-order valence-corrected chi connectivity index (χ3v) is 6.34. The number of carbonyl (C=O) groups is 3. The van der Waals surface area contributed by atoms with E-state index in [1.807, 2.05) is 30.3 Å². The van der Waals surface area contributed by atoms with Crippen molar-refractivity contribution in [3.8, 4) is 5.75 Å². The molecule has 2 amide bonds. The SMILES string of the molecule is COc1ccc(/C=C2\SC(=S)N(CCCCCC(=O)NCCCCCC(=O)O)C2=O)cc1. The molecule has 1 saturated heterocycles. The quantitative estimate of drug-likeness (QED) is 0.235. The molecule has 174 valence electrons. The number of methoxy groups -OCH3 is 1. The molecular formula is C23H30N2O5S2. The highest BCUT2D eigenvalue weighted by atomic mass is 32.2. The maximum Gasteiger partial charge on any atom is 0.303 e. The number of rotatable bonds is 14. The normalized spacial score (nSPS) is 14.8. The maximum atomic E-state index is 12.7. The summed E-state index contributed by atoms with van der Waals surface area (Å²) in [5, 5.41) is 11.4. The number of nitrogens with zero attached hydrogens (tertiary/aromatic N) is 1. The van der Waals surface area contributed by atoms with E-state index in [4.69, 9.17) is 22.1 Å². The summed E-state index contributed by atoms with van der Waals surface area (Å²) in [7, 11) is 1.61. The topological polar surface area (TPSA) is 95.9 Å². The predicted molar refractivity (Wildman–Crippen MR) is 130 cm³/mol. The van der Waals surface area contributed by atoms with Gasteiger partial charge in [0.05, 0.1) is 12.0 Å². The summed E-state index contributed by atoms with van der Waals surface area (Å²) in [5.74, 6) is -0.0830. The van der Waals surface area contributed by atoms with Gasteiger partial charge >= 0.3 is 5.97 Å². The number of ether oxygens (including phenoxy) is 1. The second-order valence-electron chi connectivity index (χ2n) is 7.47. The fourth-order valence-electron chi connectivity index (χ4n) is 3.17. The average Bonchev–Trinajstić information content (AvgIpc) is 3.03. The Morgan fingerprint density at radius 1 is 1.09 bits per heavy atom. The van der Waals surface area contributed by atoms with Crippen LogP contribution in [0.5, 0.6) is 5.75 Å². The number of hydrogen-bond donors (Lipinski definition) is 2. The van der Waals surface area contributed by atoms with Crippen molar-refractivity contribution in [2.75, 3.05) is 20.2 Å². The number of hydrogen-bond acceptors (Lipinski definition) is 6. The van der Waals surface area contributed by atoms with Crippen LogP contribution in [0.4, 0.5) is 0 Å². The fourth-order valence-corrected chi connectivity index (χ4v) is 4.48. The van der Waals surface area contributed by atoms with Gasteiger partial charge in [-0.05, 0) is 49.5 Å². The maximum absolute atomic E-state index is 12.7. The zero-order valence-electron chi connectivity index (χ0n) is 18.3. The standard InChI is InChI=1S/C23H30N2O5S2/c1-30-18-12-10-17(11-13-18)16-19-22(29)25(23(31)32-19)15-7-3-4-8-20(26)24-14-6-2-5-9-21(27)28/h10-13,16H,2-9,14-15H2,1H3,(H,24,26)(H,27,28)/b19-16-. The first-order valence-electron chi connectivity index (χ1n) is 10.8. The molecule has 2 rings (SSSR count). The van der Waals surface area contributed by atoms with Crippen LogP contribution in [0, 0.1) is 0 Å². The Kier molecular flexibility index (Phi) is 11.2. The zero-order valence-corrected chi connectivity index (χ0v) is 19.9. The summed E-state index contributed by atoms with van der Waals surface area (Å²) in [6, 6.07) is 7.49. The summed E-state index contributed by atoms with van der Waals surface area (Å²) in [5.41, 5.74) is 0.916. The van der Waals surface area contributed by atoms with Crippen molar-refractivity contribution >= 4 is 52.2 Å². The van der Waals surface area contributed by atoms with Crippen molar-refractivity contribution in [1.29, 1.82) is 0 Å². The van der Waals surface area contributed by atoms with E-state index in [0.29, 0.717) is 35.2 Å². The Balaban J connectivity index is 1.63. The fraction of sp³-hybridized carbons (Fsp3) is 0.478. The van der Waals surface area contributed by atoms with E-state index in [0.717, 1.165) is 43.4 Å². The summed E-state index contributed by atoms with van der Waals surface area (Å²) in [6.45, 7) is 1.13. The molecule has 0 spiro atoms. The van der Waals surface area contributed by atoms with Crippen LogP contribution in [0.3, 0.4) is 0 Å². The average molecular weight is 479 g/mol. The minimum absolute atomic E-state index is 0.0104. The summed E-state index contributed by atoms with van der Waals surface area (Å²) in [6.07, 6.45) is 7.05. The molecule has 1 aromatic rings. The highest BCUT2D eigenvalue weighted by Crippen LogP contribution is 2.33. The van der Waals surface area contributed by atoms with Gasteiger partial charge < -0.3 is 15.2 Å². The van der Waals surface area contributed by atoms with E-state index in [1.54, 1.807) is 12.0 Å². The number of nitrogens with one attached hydrogen (secondary N) is 1. The number of thioether (sulfide) groups is 1. The van der Waals surface area contributed by atoms with E-state index < -0.39 is 5.97 Å². The first-order chi connectivity index (χ1) is 15.4. The lowest BCUT2D eigenvalue weighted by molar-refractivity contribution is -0.137. The largest absolute Gasteiger partial charge is 0.497 e. The van der Waals surface area contributed by atoms with Crippen molar-refractivity contribution in [1.82, 2.24) is 10.2 Å². The molecule has 2 N–H and O–H groups in total. The number of carbonyl (C=O) groups excluding carboxylic acids is 2. The third-order valence-electron chi connectivity index (χ3n) is 4.96. The number of amides is 2. The second-order valence-corrected chi connectivity index (χ2v) is 9.15. The summed E-state index contributed by atoms with van der Waals surface area (Å²) < 4.78 is 5.71. The molecule has 0 aliphatic carbocycles. The lowest BCUT2D eigenvalue weighted by Gasteiger charge is -2.14. The van der Waals surface area contributed by atoms with Gasteiger partial charge in [0.15, 0.2) is 0 Å². The van der Waals surface area contributed by atoms with E-state index in [-0.39, 0.29) is 18.2 Å². The molecule has 0 saturated carbocycles. The van der Waals surface area contributed by atoms with E-state index in [1.165, 1.54) is 11.8 Å². The highest BCUT2D eigenvalue weighted by Gasteiger charge is 2.31. The molecule has 1 fully saturated rings. The van der Waals surface area contributed by atoms with Gasteiger partial charge in [-0.3, -0.25) is 19.3 Å². The van der Waals surface area contributed by atoms with Crippen molar-refractivity contribution in [2.24, 2.45) is 0 Å². The van der Waals surface area contributed by atoms with Gasteiger partial charge in [-0.25, -0.2) is 0 Å².